The number of carbonyl (C=O) groups is 1. The molecule has 0 aliphatic rings. The summed E-state index contributed by atoms with van der Waals surface area (Å²) in [5.74, 6) is 0.616. The maximum absolute atomic E-state index is 10.4. The Bertz CT molecular complexity index is 403. The highest BCUT2D eigenvalue weighted by molar-refractivity contribution is 7.98. The number of aliphatic carboxylic acids is 1. The van der Waals surface area contributed by atoms with E-state index in [1.807, 2.05) is 37.2 Å². The molecule has 1 aromatic carbocycles. The lowest BCUT2D eigenvalue weighted by atomic mass is 10.2. The summed E-state index contributed by atoms with van der Waals surface area (Å²) in [6, 6.07) is 5.95. The summed E-state index contributed by atoms with van der Waals surface area (Å²) >= 11 is 1.59. The van der Waals surface area contributed by atoms with Crippen molar-refractivity contribution in [3.63, 3.8) is 0 Å². The highest BCUT2D eigenvalue weighted by Gasteiger charge is 2.03. The number of benzene rings is 1. The zero-order chi connectivity index (χ0) is 12.8. The van der Waals surface area contributed by atoms with E-state index in [4.69, 9.17) is 10.8 Å². The first kappa shape index (κ1) is 20.5. The van der Waals surface area contributed by atoms with Gasteiger partial charge >= 0.3 is 5.97 Å². The minimum absolute atomic E-state index is 0. The first-order valence-corrected chi connectivity index (χ1v) is 6.51. The van der Waals surface area contributed by atoms with E-state index in [1.54, 1.807) is 11.8 Å². The quantitative estimate of drug-likeness (QED) is 0.621. The van der Waals surface area contributed by atoms with Crippen LogP contribution >= 0.6 is 36.6 Å². The number of hydrogen-bond acceptors (Lipinski definition) is 4. The van der Waals surface area contributed by atoms with Crippen LogP contribution in [0.15, 0.2) is 18.2 Å². The average molecular weight is 327 g/mol. The third-order valence-electron chi connectivity index (χ3n) is 2.36. The van der Waals surface area contributed by atoms with Gasteiger partial charge in [-0.2, -0.15) is 11.8 Å². The van der Waals surface area contributed by atoms with Gasteiger partial charge in [-0.05, 0) is 17.7 Å². The first-order valence-electron chi connectivity index (χ1n) is 5.36. The van der Waals surface area contributed by atoms with E-state index in [9.17, 15) is 4.79 Å². The molecule has 4 nitrogen and oxygen atoms in total. The molecule has 0 radical (unpaired) electrons. The number of carboxylic acids is 1. The zero-order valence-electron chi connectivity index (χ0n) is 11.0. The molecule has 0 aliphatic carbocycles. The fraction of sp³-hybridized carbons (Fsp3) is 0.417. The maximum Gasteiger partial charge on any atom is 0.304 e. The van der Waals surface area contributed by atoms with E-state index in [0.717, 1.165) is 22.7 Å². The van der Waals surface area contributed by atoms with Gasteiger partial charge in [-0.3, -0.25) is 4.79 Å². The number of carboxylic acid groups (broad SMARTS) is 1. The van der Waals surface area contributed by atoms with Crippen molar-refractivity contribution in [1.29, 1.82) is 0 Å². The number of halogens is 2. The van der Waals surface area contributed by atoms with Gasteiger partial charge < -0.3 is 15.7 Å². The molecule has 0 heterocycles. The fourth-order valence-electron chi connectivity index (χ4n) is 1.33. The number of nitrogens with two attached hydrogens (primary N) is 1. The van der Waals surface area contributed by atoms with Crippen LogP contribution in [-0.2, 0) is 10.5 Å². The van der Waals surface area contributed by atoms with Gasteiger partial charge in [-0.15, -0.1) is 24.8 Å². The van der Waals surface area contributed by atoms with Gasteiger partial charge in [0.25, 0.3) is 0 Å². The molecular weight excluding hydrogens is 307 g/mol. The Morgan fingerprint density at radius 2 is 2.00 bits per heavy atom. The predicted molar refractivity (Wildman–Crippen MR) is 88.1 cm³/mol. The Labute approximate surface area is 130 Å². The topological polar surface area (TPSA) is 66.6 Å². The molecule has 0 bridgehead atoms. The Morgan fingerprint density at radius 1 is 1.37 bits per heavy atom. The van der Waals surface area contributed by atoms with E-state index in [2.05, 4.69) is 0 Å². The Balaban J connectivity index is 0. The number of anilines is 2. The van der Waals surface area contributed by atoms with Crippen LogP contribution in [0.3, 0.4) is 0 Å². The van der Waals surface area contributed by atoms with Gasteiger partial charge in [0, 0.05) is 37.0 Å². The lowest BCUT2D eigenvalue weighted by Crippen LogP contribution is -2.09. The maximum atomic E-state index is 10.4. The third kappa shape index (κ3) is 7.40. The van der Waals surface area contributed by atoms with Crippen molar-refractivity contribution in [2.24, 2.45) is 0 Å². The minimum Gasteiger partial charge on any atom is -0.481 e. The molecule has 0 saturated carbocycles. The van der Waals surface area contributed by atoms with Crippen molar-refractivity contribution in [3.05, 3.63) is 23.8 Å². The SMILES string of the molecule is CN(C)c1ccc(CSCCC(=O)O)c(N)c1.Cl.Cl. The lowest BCUT2D eigenvalue weighted by molar-refractivity contribution is -0.136. The second-order valence-electron chi connectivity index (χ2n) is 3.97. The van der Waals surface area contributed by atoms with Gasteiger partial charge in [0.05, 0.1) is 6.42 Å². The highest BCUT2D eigenvalue weighted by atomic mass is 35.5. The molecular formula is C12H20Cl2N2O2S. The van der Waals surface area contributed by atoms with Gasteiger partial charge in [-0.25, -0.2) is 0 Å². The van der Waals surface area contributed by atoms with Crippen molar-refractivity contribution in [3.8, 4) is 0 Å². The van der Waals surface area contributed by atoms with Crippen molar-refractivity contribution in [1.82, 2.24) is 0 Å². The van der Waals surface area contributed by atoms with E-state index in [0.29, 0.717) is 5.75 Å². The molecule has 1 aromatic rings. The molecule has 3 N–H and O–H groups in total. The number of thioether (sulfide) groups is 1. The Kier molecular flexibility index (Phi) is 10.9. The summed E-state index contributed by atoms with van der Waals surface area (Å²) in [7, 11) is 3.94. The normalized spacial score (nSPS) is 9.16. The van der Waals surface area contributed by atoms with Crippen LogP contribution in [0.25, 0.3) is 0 Å². The third-order valence-corrected chi connectivity index (χ3v) is 3.37. The van der Waals surface area contributed by atoms with Crippen LogP contribution in [0, 0.1) is 0 Å². The standard InChI is InChI=1S/C12H18N2O2S.2ClH/c1-14(2)10-4-3-9(11(13)7-10)8-17-6-5-12(15)16;;/h3-4,7H,5-6,8,13H2,1-2H3,(H,15,16);2*1H. The minimum atomic E-state index is -0.756. The lowest BCUT2D eigenvalue weighted by Gasteiger charge is -2.14. The summed E-state index contributed by atoms with van der Waals surface area (Å²) in [4.78, 5) is 12.4. The molecule has 0 spiro atoms. The summed E-state index contributed by atoms with van der Waals surface area (Å²) < 4.78 is 0. The molecule has 19 heavy (non-hydrogen) atoms. The van der Waals surface area contributed by atoms with Gasteiger partial charge in [-0.1, -0.05) is 6.07 Å². The number of hydrogen-bond donors (Lipinski definition) is 2. The Morgan fingerprint density at radius 3 is 2.47 bits per heavy atom. The second-order valence-corrected chi connectivity index (χ2v) is 5.08. The summed E-state index contributed by atoms with van der Waals surface area (Å²) in [6.07, 6.45) is 0.195. The van der Waals surface area contributed by atoms with Crippen LogP contribution in [0.1, 0.15) is 12.0 Å². The second kappa shape index (κ2) is 10.1. The van der Waals surface area contributed by atoms with Crippen molar-refractivity contribution >= 4 is 53.9 Å². The molecule has 0 amide bonds. The highest BCUT2D eigenvalue weighted by Crippen LogP contribution is 2.23. The molecule has 0 aliphatic heterocycles. The Hall–Kier alpha value is -0.780. The zero-order valence-corrected chi connectivity index (χ0v) is 13.4. The summed E-state index contributed by atoms with van der Waals surface area (Å²) in [6.45, 7) is 0. The van der Waals surface area contributed by atoms with Gasteiger partial charge in [0.2, 0.25) is 0 Å². The predicted octanol–water partition coefficient (Wildman–Crippen LogP) is 2.89. The molecule has 0 saturated heterocycles. The largest absolute Gasteiger partial charge is 0.481 e. The van der Waals surface area contributed by atoms with E-state index < -0.39 is 5.97 Å². The summed E-state index contributed by atoms with van der Waals surface area (Å²) in [5, 5.41) is 8.52. The van der Waals surface area contributed by atoms with Gasteiger partial charge in [0.15, 0.2) is 0 Å². The molecule has 1 rings (SSSR count). The fourth-order valence-corrected chi connectivity index (χ4v) is 2.28. The monoisotopic (exact) mass is 326 g/mol. The van der Waals surface area contributed by atoms with Crippen LogP contribution in [0.2, 0.25) is 0 Å². The molecule has 0 aromatic heterocycles. The molecule has 7 heteroatoms. The average Bonchev–Trinajstić information content (AvgIpc) is 2.25. The van der Waals surface area contributed by atoms with Crippen LogP contribution in [0.5, 0.6) is 0 Å². The van der Waals surface area contributed by atoms with Crippen LogP contribution < -0.4 is 10.6 Å². The molecule has 0 atom stereocenters. The smallest absolute Gasteiger partial charge is 0.304 e. The van der Waals surface area contributed by atoms with Gasteiger partial charge in [0.1, 0.15) is 0 Å². The number of nitrogen functional groups attached to an aromatic ring is 1. The van der Waals surface area contributed by atoms with Crippen LogP contribution in [0.4, 0.5) is 11.4 Å². The number of nitrogens with zero attached hydrogens (tertiary/aromatic N) is 1. The van der Waals surface area contributed by atoms with E-state index in [-0.39, 0.29) is 31.2 Å². The number of rotatable bonds is 6. The van der Waals surface area contributed by atoms with Crippen molar-refractivity contribution < 1.29 is 9.90 Å². The van der Waals surface area contributed by atoms with E-state index in [1.165, 1.54) is 0 Å². The molecule has 0 fully saturated rings. The molecule has 0 unspecified atom stereocenters. The van der Waals surface area contributed by atoms with E-state index >= 15 is 0 Å². The van der Waals surface area contributed by atoms with Crippen molar-refractivity contribution in [2.75, 3.05) is 30.5 Å². The first-order chi connectivity index (χ1) is 8.00. The molecule has 110 valence electrons. The van der Waals surface area contributed by atoms with Crippen molar-refractivity contribution in [2.45, 2.75) is 12.2 Å². The van der Waals surface area contributed by atoms with Crippen LogP contribution in [-0.4, -0.2) is 30.9 Å². The summed E-state index contributed by atoms with van der Waals surface area (Å²) in [5.41, 5.74) is 8.84.